The first-order valence-electron chi connectivity index (χ1n) is 6.86. The molecule has 0 radical (unpaired) electrons. The van der Waals surface area contributed by atoms with Gasteiger partial charge >= 0.3 is 0 Å². The van der Waals surface area contributed by atoms with Gasteiger partial charge in [0, 0.05) is 12.6 Å². The molecule has 1 saturated heterocycles. The number of nitrogens with two attached hydrogens (primary N) is 1. The van der Waals surface area contributed by atoms with Gasteiger partial charge in [-0.05, 0) is 51.8 Å². The second kappa shape index (κ2) is 5.61. The van der Waals surface area contributed by atoms with Crippen LogP contribution in [0.25, 0.3) is 0 Å². The van der Waals surface area contributed by atoms with Gasteiger partial charge in [0.05, 0.1) is 11.8 Å². The number of nitrogens with zero attached hydrogens (tertiary/aromatic N) is 1. The van der Waals surface area contributed by atoms with Crippen molar-refractivity contribution in [3.8, 4) is 5.75 Å². The molecule has 100 valence electrons. The maximum atomic E-state index is 5.90. The average Bonchev–Trinajstić information content (AvgIpc) is 2.70. The van der Waals surface area contributed by atoms with Crippen LogP contribution in [-0.4, -0.2) is 25.2 Å². The summed E-state index contributed by atoms with van der Waals surface area (Å²) in [6.07, 6.45) is 1.38. The van der Waals surface area contributed by atoms with E-state index in [1.165, 1.54) is 12.1 Å². The predicted molar refractivity (Wildman–Crippen MR) is 76.2 cm³/mol. The largest absolute Gasteiger partial charge is 0.489 e. The van der Waals surface area contributed by atoms with Crippen LogP contribution >= 0.6 is 0 Å². The van der Waals surface area contributed by atoms with Crippen LogP contribution in [0.5, 0.6) is 5.75 Å². The Morgan fingerprint density at radius 3 is 2.72 bits per heavy atom. The summed E-state index contributed by atoms with van der Waals surface area (Å²) < 4.78 is 5.90. The number of anilines is 1. The molecule has 0 aliphatic carbocycles. The summed E-state index contributed by atoms with van der Waals surface area (Å²) in [6.45, 7) is 8.23. The molecule has 3 nitrogen and oxygen atoms in total. The molecule has 0 amide bonds. The topological polar surface area (TPSA) is 38.5 Å². The third kappa shape index (κ3) is 2.61. The van der Waals surface area contributed by atoms with Crippen LogP contribution in [0.1, 0.15) is 27.2 Å². The standard InChI is InChI=1S/C15H24N2O/c1-11(2)18-15-7-5-4-6-14(15)17-9-8-13(10-16)12(17)3/h4-7,11-13H,8-10,16H2,1-3H3. The Labute approximate surface area is 110 Å². The molecule has 0 bridgehead atoms. The fourth-order valence-electron chi connectivity index (χ4n) is 2.71. The average molecular weight is 248 g/mol. The van der Waals surface area contributed by atoms with Crippen LogP contribution < -0.4 is 15.4 Å². The van der Waals surface area contributed by atoms with Gasteiger partial charge in [-0.25, -0.2) is 0 Å². The van der Waals surface area contributed by atoms with E-state index in [2.05, 4.69) is 43.9 Å². The Morgan fingerprint density at radius 1 is 1.39 bits per heavy atom. The highest BCUT2D eigenvalue weighted by molar-refractivity contribution is 5.59. The zero-order chi connectivity index (χ0) is 13.1. The van der Waals surface area contributed by atoms with Crippen molar-refractivity contribution in [2.75, 3.05) is 18.0 Å². The first kappa shape index (κ1) is 13.2. The molecule has 18 heavy (non-hydrogen) atoms. The predicted octanol–water partition coefficient (Wildman–Crippen LogP) is 2.65. The fourth-order valence-corrected chi connectivity index (χ4v) is 2.71. The molecule has 2 rings (SSSR count). The molecular formula is C15H24N2O. The van der Waals surface area contributed by atoms with Gasteiger partial charge in [-0.3, -0.25) is 0 Å². The SMILES string of the molecule is CC(C)Oc1ccccc1N1CCC(CN)C1C. The molecular weight excluding hydrogens is 224 g/mol. The monoisotopic (exact) mass is 248 g/mol. The van der Waals surface area contributed by atoms with E-state index in [-0.39, 0.29) is 6.10 Å². The molecule has 3 heteroatoms. The summed E-state index contributed by atoms with van der Waals surface area (Å²) >= 11 is 0. The van der Waals surface area contributed by atoms with Crippen LogP contribution in [0.2, 0.25) is 0 Å². The van der Waals surface area contributed by atoms with E-state index in [0.717, 1.165) is 18.8 Å². The van der Waals surface area contributed by atoms with Gasteiger partial charge in [0.2, 0.25) is 0 Å². The molecule has 0 aromatic heterocycles. The Bertz CT molecular complexity index is 392. The number of hydrogen-bond donors (Lipinski definition) is 1. The van der Waals surface area contributed by atoms with Gasteiger partial charge < -0.3 is 15.4 Å². The molecule has 1 aromatic carbocycles. The van der Waals surface area contributed by atoms with E-state index in [1.807, 2.05) is 6.07 Å². The van der Waals surface area contributed by atoms with Crippen LogP contribution in [0.15, 0.2) is 24.3 Å². The molecule has 2 atom stereocenters. The smallest absolute Gasteiger partial charge is 0.142 e. The summed E-state index contributed by atoms with van der Waals surface area (Å²) in [4.78, 5) is 2.43. The van der Waals surface area contributed by atoms with Crippen LogP contribution in [0.4, 0.5) is 5.69 Å². The molecule has 2 N–H and O–H groups in total. The quantitative estimate of drug-likeness (QED) is 0.890. The third-order valence-electron chi connectivity index (χ3n) is 3.75. The van der Waals surface area contributed by atoms with Crippen LogP contribution in [-0.2, 0) is 0 Å². The summed E-state index contributed by atoms with van der Waals surface area (Å²) in [7, 11) is 0. The number of para-hydroxylation sites is 2. The minimum atomic E-state index is 0.203. The summed E-state index contributed by atoms with van der Waals surface area (Å²) in [6, 6.07) is 8.80. The zero-order valence-electron chi connectivity index (χ0n) is 11.6. The third-order valence-corrected chi connectivity index (χ3v) is 3.75. The first-order chi connectivity index (χ1) is 8.63. The van der Waals surface area contributed by atoms with Crippen molar-refractivity contribution in [2.24, 2.45) is 11.7 Å². The van der Waals surface area contributed by atoms with Gasteiger partial charge in [0.25, 0.3) is 0 Å². The number of rotatable bonds is 4. The molecule has 1 aliphatic rings. The fraction of sp³-hybridized carbons (Fsp3) is 0.600. The van der Waals surface area contributed by atoms with Crippen molar-refractivity contribution in [1.29, 1.82) is 0 Å². The Morgan fingerprint density at radius 2 is 2.11 bits per heavy atom. The van der Waals surface area contributed by atoms with Crippen molar-refractivity contribution in [2.45, 2.75) is 39.3 Å². The highest BCUT2D eigenvalue weighted by Gasteiger charge is 2.31. The summed E-state index contributed by atoms with van der Waals surface area (Å²) in [5, 5.41) is 0. The Balaban J connectivity index is 2.23. The lowest BCUT2D eigenvalue weighted by atomic mass is 10.0. The molecule has 0 saturated carbocycles. The minimum absolute atomic E-state index is 0.203. The van der Waals surface area contributed by atoms with Gasteiger partial charge in [-0.15, -0.1) is 0 Å². The second-order valence-corrected chi connectivity index (χ2v) is 5.35. The molecule has 1 aliphatic heterocycles. The van der Waals surface area contributed by atoms with E-state index < -0.39 is 0 Å². The van der Waals surface area contributed by atoms with Crippen molar-refractivity contribution in [3.63, 3.8) is 0 Å². The minimum Gasteiger partial charge on any atom is -0.489 e. The van der Waals surface area contributed by atoms with Gasteiger partial charge in [0.15, 0.2) is 0 Å². The van der Waals surface area contributed by atoms with Crippen LogP contribution in [0, 0.1) is 5.92 Å². The maximum Gasteiger partial charge on any atom is 0.142 e. The Hall–Kier alpha value is -1.22. The summed E-state index contributed by atoms with van der Waals surface area (Å²) in [5.41, 5.74) is 7.03. The second-order valence-electron chi connectivity index (χ2n) is 5.35. The van der Waals surface area contributed by atoms with Gasteiger partial charge in [0.1, 0.15) is 5.75 Å². The van der Waals surface area contributed by atoms with E-state index >= 15 is 0 Å². The van der Waals surface area contributed by atoms with Crippen molar-refractivity contribution in [1.82, 2.24) is 0 Å². The molecule has 1 fully saturated rings. The summed E-state index contributed by atoms with van der Waals surface area (Å²) in [5.74, 6) is 1.58. The van der Waals surface area contributed by atoms with Crippen molar-refractivity contribution < 1.29 is 4.74 Å². The maximum absolute atomic E-state index is 5.90. The lowest BCUT2D eigenvalue weighted by Gasteiger charge is -2.28. The lowest BCUT2D eigenvalue weighted by Crippen LogP contribution is -2.33. The van der Waals surface area contributed by atoms with E-state index in [0.29, 0.717) is 12.0 Å². The van der Waals surface area contributed by atoms with Gasteiger partial charge in [-0.2, -0.15) is 0 Å². The molecule has 2 unspecified atom stereocenters. The number of ether oxygens (including phenoxy) is 1. The Kier molecular flexibility index (Phi) is 4.12. The lowest BCUT2D eigenvalue weighted by molar-refractivity contribution is 0.242. The first-order valence-corrected chi connectivity index (χ1v) is 6.86. The zero-order valence-corrected chi connectivity index (χ0v) is 11.6. The van der Waals surface area contributed by atoms with Gasteiger partial charge in [-0.1, -0.05) is 12.1 Å². The number of hydrogen-bond acceptors (Lipinski definition) is 3. The molecule has 1 heterocycles. The van der Waals surface area contributed by atoms with Crippen LogP contribution in [0.3, 0.4) is 0 Å². The van der Waals surface area contributed by atoms with E-state index in [9.17, 15) is 0 Å². The molecule has 1 aromatic rings. The normalized spacial score (nSPS) is 23.7. The van der Waals surface area contributed by atoms with E-state index in [1.54, 1.807) is 0 Å². The number of benzene rings is 1. The van der Waals surface area contributed by atoms with Crippen molar-refractivity contribution >= 4 is 5.69 Å². The highest BCUT2D eigenvalue weighted by atomic mass is 16.5. The molecule has 0 spiro atoms. The van der Waals surface area contributed by atoms with Crippen molar-refractivity contribution in [3.05, 3.63) is 24.3 Å². The highest BCUT2D eigenvalue weighted by Crippen LogP contribution is 2.35. The van der Waals surface area contributed by atoms with E-state index in [4.69, 9.17) is 10.5 Å².